The van der Waals surface area contributed by atoms with Crippen LogP contribution < -0.4 is 14.8 Å². The molecule has 4 aromatic rings. The van der Waals surface area contributed by atoms with Crippen LogP contribution in [0, 0.1) is 12.7 Å². The van der Waals surface area contributed by atoms with Gasteiger partial charge in [-0.25, -0.2) is 14.4 Å². The number of halogens is 1. The Bertz CT molecular complexity index is 1350. The van der Waals surface area contributed by atoms with Crippen molar-refractivity contribution in [2.75, 3.05) is 6.79 Å². The number of imidazole rings is 1. The van der Waals surface area contributed by atoms with Gasteiger partial charge in [-0.05, 0) is 36.8 Å². The zero-order valence-electron chi connectivity index (χ0n) is 15.2. The number of aryl methyl sites for hydroxylation is 1. The van der Waals surface area contributed by atoms with Crippen LogP contribution in [0.15, 0.2) is 36.5 Å². The first kappa shape index (κ1) is 18.1. The van der Waals surface area contributed by atoms with Crippen LogP contribution in [0.2, 0.25) is 0 Å². The van der Waals surface area contributed by atoms with Crippen molar-refractivity contribution >= 4 is 34.8 Å². The SMILES string of the molecule is Cc1nc2cnc3c4c(ccc3c2n1Cc1ccc(P(=O)(O)O)c(F)c1)OCO4. The number of pyridine rings is 1. The Morgan fingerprint density at radius 3 is 2.83 bits per heavy atom. The molecule has 0 unspecified atom stereocenters. The van der Waals surface area contributed by atoms with Crippen LogP contribution in [0.4, 0.5) is 4.39 Å². The first-order valence-electron chi connectivity index (χ1n) is 8.71. The summed E-state index contributed by atoms with van der Waals surface area (Å²) in [6.45, 7) is 2.24. The molecule has 0 spiro atoms. The molecule has 0 fully saturated rings. The van der Waals surface area contributed by atoms with Crippen LogP contribution in [0.25, 0.3) is 21.9 Å². The quantitative estimate of drug-likeness (QED) is 0.496. The minimum absolute atomic E-state index is 0.137. The van der Waals surface area contributed by atoms with Gasteiger partial charge in [-0.15, -0.1) is 0 Å². The Morgan fingerprint density at radius 1 is 1.24 bits per heavy atom. The van der Waals surface area contributed by atoms with E-state index in [1.165, 1.54) is 6.07 Å². The lowest BCUT2D eigenvalue weighted by Crippen LogP contribution is -2.11. The maximum Gasteiger partial charge on any atom is 0.359 e. The van der Waals surface area contributed by atoms with Crippen molar-refractivity contribution in [1.29, 1.82) is 0 Å². The third-order valence-electron chi connectivity index (χ3n) is 4.94. The molecule has 3 heterocycles. The molecule has 0 aliphatic carbocycles. The smallest absolute Gasteiger partial charge is 0.359 e. The second-order valence-electron chi connectivity index (χ2n) is 6.76. The predicted molar refractivity (Wildman–Crippen MR) is 103 cm³/mol. The van der Waals surface area contributed by atoms with Gasteiger partial charge in [0.15, 0.2) is 11.5 Å². The van der Waals surface area contributed by atoms with Crippen molar-refractivity contribution in [1.82, 2.24) is 14.5 Å². The van der Waals surface area contributed by atoms with E-state index in [2.05, 4.69) is 9.97 Å². The fourth-order valence-electron chi connectivity index (χ4n) is 3.62. The van der Waals surface area contributed by atoms with Crippen molar-refractivity contribution in [2.24, 2.45) is 0 Å². The molecule has 8 nitrogen and oxygen atoms in total. The van der Waals surface area contributed by atoms with Crippen LogP contribution in [-0.4, -0.2) is 31.1 Å². The molecule has 2 aromatic heterocycles. The standard InChI is InChI=1S/C19H15FN3O5P/c1-10-22-14-7-21-17-12(3-4-15-19(17)28-9-27-15)18(14)23(10)8-11-2-5-16(13(20)6-11)29(24,25)26/h2-7H,8-9H2,1H3,(H2,24,25,26). The molecule has 0 amide bonds. The van der Waals surface area contributed by atoms with Gasteiger partial charge in [0.25, 0.3) is 0 Å². The molecule has 29 heavy (non-hydrogen) atoms. The van der Waals surface area contributed by atoms with E-state index in [0.717, 1.165) is 23.0 Å². The summed E-state index contributed by atoms with van der Waals surface area (Å²) in [5.41, 5.74) is 2.69. The Balaban J connectivity index is 1.66. The minimum atomic E-state index is -4.66. The third-order valence-corrected chi connectivity index (χ3v) is 5.93. The van der Waals surface area contributed by atoms with Crippen molar-refractivity contribution in [2.45, 2.75) is 13.5 Å². The molecule has 5 rings (SSSR count). The number of hydrogen-bond acceptors (Lipinski definition) is 5. The van der Waals surface area contributed by atoms with E-state index in [-0.39, 0.29) is 13.3 Å². The molecular formula is C19H15FN3O5P. The first-order valence-corrected chi connectivity index (χ1v) is 10.3. The van der Waals surface area contributed by atoms with Gasteiger partial charge in [-0.1, -0.05) is 6.07 Å². The molecule has 0 atom stereocenters. The molecule has 0 radical (unpaired) electrons. The van der Waals surface area contributed by atoms with E-state index >= 15 is 0 Å². The highest BCUT2D eigenvalue weighted by Gasteiger charge is 2.23. The highest BCUT2D eigenvalue weighted by Crippen LogP contribution is 2.40. The molecule has 0 bridgehead atoms. The summed E-state index contributed by atoms with van der Waals surface area (Å²) in [6, 6.07) is 7.45. The van der Waals surface area contributed by atoms with Gasteiger partial charge in [0, 0.05) is 11.9 Å². The van der Waals surface area contributed by atoms with Crippen LogP contribution in [-0.2, 0) is 11.1 Å². The average molecular weight is 415 g/mol. The second kappa shape index (κ2) is 6.25. The maximum absolute atomic E-state index is 14.2. The summed E-state index contributed by atoms with van der Waals surface area (Å²) in [6.07, 6.45) is 1.65. The van der Waals surface area contributed by atoms with Crippen molar-refractivity contribution in [3.05, 3.63) is 53.7 Å². The normalized spacial score (nSPS) is 13.5. The number of aromatic nitrogens is 3. The molecule has 0 saturated heterocycles. The van der Waals surface area contributed by atoms with E-state index in [9.17, 15) is 18.7 Å². The van der Waals surface area contributed by atoms with Gasteiger partial charge in [0.1, 0.15) is 22.7 Å². The van der Waals surface area contributed by atoms with E-state index in [0.29, 0.717) is 33.9 Å². The first-order chi connectivity index (χ1) is 13.8. The summed E-state index contributed by atoms with van der Waals surface area (Å²) < 4.78 is 38.5. The van der Waals surface area contributed by atoms with Crippen LogP contribution in [0.5, 0.6) is 11.5 Å². The molecule has 2 N–H and O–H groups in total. The van der Waals surface area contributed by atoms with Crippen LogP contribution in [0.1, 0.15) is 11.4 Å². The summed E-state index contributed by atoms with van der Waals surface area (Å²) in [4.78, 5) is 27.5. The van der Waals surface area contributed by atoms with Gasteiger partial charge in [0.05, 0.1) is 17.0 Å². The largest absolute Gasteiger partial charge is 0.454 e. The number of rotatable bonds is 3. The van der Waals surface area contributed by atoms with Crippen molar-refractivity contribution in [3.8, 4) is 11.5 Å². The fourth-order valence-corrected chi connectivity index (χ4v) is 4.24. The molecule has 1 aliphatic heterocycles. The number of nitrogens with zero attached hydrogens (tertiary/aromatic N) is 3. The molecular weight excluding hydrogens is 400 g/mol. The van der Waals surface area contributed by atoms with E-state index in [1.54, 1.807) is 6.20 Å². The van der Waals surface area contributed by atoms with Gasteiger partial charge in [-0.2, -0.15) is 0 Å². The van der Waals surface area contributed by atoms with E-state index in [1.807, 2.05) is 23.6 Å². The van der Waals surface area contributed by atoms with Gasteiger partial charge >= 0.3 is 7.60 Å². The van der Waals surface area contributed by atoms with Gasteiger partial charge in [0.2, 0.25) is 6.79 Å². The number of fused-ring (bicyclic) bond motifs is 5. The van der Waals surface area contributed by atoms with E-state index in [4.69, 9.17) is 9.47 Å². The van der Waals surface area contributed by atoms with Crippen LogP contribution >= 0.6 is 7.60 Å². The summed E-state index contributed by atoms with van der Waals surface area (Å²) >= 11 is 0. The molecule has 148 valence electrons. The topological polar surface area (TPSA) is 107 Å². The summed E-state index contributed by atoms with van der Waals surface area (Å²) in [7, 11) is -4.66. The molecule has 10 heteroatoms. The lowest BCUT2D eigenvalue weighted by atomic mass is 10.1. The zero-order chi connectivity index (χ0) is 20.3. The summed E-state index contributed by atoms with van der Waals surface area (Å²) in [5, 5.41) is 0.204. The average Bonchev–Trinajstić information content (AvgIpc) is 3.25. The monoisotopic (exact) mass is 415 g/mol. The van der Waals surface area contributed by atoms with E-state index < -0.39 is 18.7 Å². The van der Waals surface area contributed by atoms with Crippen LogP contribution in [0.3, 0.4) is 0 Å². The number of hydrogen-bond donors (Lipinski definition) is 2. The molecule has 1 aliphatic rings. The number of ether oxygens (including phenoxy) is 2. The Hall–Kier alpha value is -3.00. The maximum atomic E-state index is 14.2. The lowest BCUT2D eigenvalue weighted by Gasteiger charge is -2.11. The zero-order valence-corrected chi connectivity index (χ0v) is 16.1. The molecule has 0 saturated carbocycles. The van der Waals surface area contributed by atoms with Gasteiger partial charge in [-0.3, -0.25) is 4.57 Å². The lowest BCUT2D eigenvalue weighted by molar-refractivity contribution is 0.174. The van der Waals surface area contributed by atoms with Gasteiger partial charge < -0.3 is 23.8 Å². The number of benzene rings is 2. The Kier molecular flexibility index (Phi) is 3.89. The fraction of sp³-hybridized carbons (Fsp3) is 0.158. The predicted octanol–water partition coefficient (Wildman–Crippen LogP) is 2.61. The van der Waals surface area contributed by atoms with Crippen molar-refractivity contribution < 1.29 is 28.2 Å². The molecule has 2 aromatic carbocycles. The second-order valence-corrected chi connectivity index (χ2v) is 8.33. The highest BCUT2D eigenvalue weighted by molar-refractivity contribution is 7.60. The minimum Gasteiger partial charge on any atom is -0.454 e. The highest BCUT2D eigenvalue weighted by atomic mass is 31.2. The van der Waals surface area contributed by atoms with Crippen molar-refractivity contribution in [3.63, 3.8) is 0 Å². The Morgan fingerprint density at radius 2 is 2.07 bits per heavy atom. The third kappa shape index (κ3) is 2.86. The summed E-state index contributed by atoms with van der Waals surface area (Å²) in [5.74, 6) is 0.966. The Labute approximate surface area is 163 Å².